The van der Waals surface area contributed by atoms with Crippen molar-refractivity contribution in [1.29, 1.82) is 0 Å². The predicted octanol–water partition coefficient (Wildman–Crippen LogP) is 4.39. The van der Waals surface area contributed by atoms with E-state index in [1.807, 2.05) is 17.1 Å². The maximum absolute atomic E-state index is 4.60. The Hall–Kier alpha value is -1.58. The van der Waals surface area contributed by atoms with Crippen LogP contribution in [-0.2, 0) is 0 Å². The number of nitrogens with one attached hydrogen (secondary N) is 1. The number of pyridine rings is 1. The molecule has 0 radical (unpaired) electrons. The summed E-state index contributed by atoms with van der Waals surface area (Å²) in [5.74, 6) is 0.799. The molecule has 4 nitrogen and oxygen atoms in total. The van der Waals surface area contributed by atoms with Gasteiger partial charge >= 0.3 is 0 Å². The highest BCUT2D eigenvalue weighted by Gasteiger charge is 2.20. The minimum atomic E-state index is 0.343. The van der Waals surface area contributed by atoms with E-state index in [-0.39, 0.29) is 0 Å². The van der Waals surface area contributed by atoms with Crippen molar-refractivity contribution in [1.82, 2.24) is 14.8 Å². The highest BCUT2D eigenvalue weighted by molar-refractivity contribution is 5.78. The summed E-state index contributed by atoms with van der Waals surface area (Å²) in [5, 5.41) is 9.19. The van der Waals surface area contributed by atoms with Gasteiger partial charge in [0.15, 0.2) is 5.65 Å². The minimum absolute atomic E-state index is 0.343. The van der Waals surface area contributed by atoms with E-state index in [1.165, 1.54) is 32.1 Å². The van der Waals surface area contributed by atoms with Crippen molar-refractivity contribution < 1.29 is 0 Å². The fourth-order valence-corrected chi connectivity index (χ4v) is 3.41. The topological polar surface area (TPSA) is 42.7 Å². The van der Waals surface area contributed by atoms with Crippen molar-refractivity contribution >= 4 is 16.7 Å². The highest BCUT2D eigenvalue weighted by atomic mass is 15.3. The van der Waals surface area contributed by atoms with Crippen molar-refractivity contribution in [3.05, 3.63) is 18.5 Å². The van der Waals surface area contributed by atoms with Crippen molar-refractivity contribution in [3.63, 3.8) is 0 Å². The van der Waals surface area contributed by atoms with Gasteiger partial charge in [-0.1, -0.05) is 19.3 Å². The fourth-order valence-electron chi connectivity index (χ4n) is 3.41. The molecule has 2 heterocycles. The zero-order chi connectivity index (χ0) is 14.8. The van der Waals surface area contributed by atoms with Gasteiger partial charge in [0.1, 0.15) is 0 Å². The van der Waals surface area contributed by atoms with E-state index < -0.39 is 0 Å². The second-order valence-corrected chi connectivity index (χ2v) is 6.65. The first-order valence-electron chi connectivity index (χ1n) is 8.25. The van der Waals surface area contributed by atoms with E-state index in [0.717, 1.165) is 22.6 Å². The lowest BCUT2D eigenvalue weighted by Crippen LogP contribution is -2.27. The van der Waals surface area contributed by atoms with E-state index >= 15 is 0 Å². The van der Waals surface area contributed by atoms with Gasteiger partial charge in [0.05, 0.1) is 18.1 Å². The quantitative estimate of drug-likeness (QED) is 0.906. The van der Waals surface area contributed by atoms with E-state index in [4.69, 9.17) is 0 Å². The molecule has 1 aliphatic carbocycles. The summed E-state index contributed by atoms with van der Waals surface area (Å²) in [6.45, 7) is 6.56. The molecule has 3 rings (SSSR count). The molecule has 4 heteroatoms. The number of hydrogen-bond acceptors (Lipinski definition) is 3. The molecule has 1 fully saturated rings. The smallest absolute Gasteiger partial charge is 0.158 e. The van der Waals surface area contributed by atoms with Crippen LogP contribution < -0.4 is 5.32 Å². The molecule has 21 heavy (non-hydrogen) atoms. The number of hydrogen-bond donors (Lipinski definition) is 1. The van der Waals surface area contributed by atoms with Crippen molar-refractivity contribution in [3.8, 4) is 0 Å². The number of nitrogens with zero attached hydrogens (tertiary/aromatic N) is 3. The van der Waals surface area contributed by atoms with Gasteiger partial charge in [0.25, 0.3) is 0 Å². The summed E-state index contributed by atoms with van der Waals surface area (Å²) < 4.78 is 1.98. The summed E-state index contributed by atoms with van der Waals surface area (Å²) >= 11 is 0. The maximum Gasteiger partial charge on any atom is 0.158 e. The Morgan fingerprint density at radius 3 is 2.62 bits per heavy atom. The van der Waals surface area contributed by atoms with Gasteiger partial charge in [-0.15, -0.1) is 0 Å². The maximum atomic E-state index is 4.60. The molecule has 0 amide bonds. The van der Waals surface area contributed by atoms with E-state index in [2.05, 4.69) is 42.2 Å². The van der Waals surface area contributed by atoms with E-state index in [9.17, 15) is 0 Å². The zero-order valence-electron chi connectivity index (χ0n) is 13.3. The Balaban J connectivity index is 1.75. The molecule has 1 N–H and O–H groups in total. The van der Waals surface area contributed by atoms with E-state index in [0.29, 0.717) is 12.1 Å². The Morgan fingerprint density at radius 1 is 1.14 bits per heavy atom. The van der Waals surface area contributed by atoms with E-state index in [1.54, 1.807) is 0 Å². The highest BCUT2D eigenvalue weighted by Crippen LogP contribution is 2.28. The van der Waals surface area contributed by atoms with Gasteiger partial charge in [-0.05, 0) is 45.6 Å². The molecule has 1 saturated carbocycles. The van der Waals surface area contributed by atoms with Crippen LogP contribution in [0.25, 0.3) is 11.0 Å². The van der Waals surface area contributed by atoms with Crippen molar-refractivity contribution in [2.24, 2.45) is 5.92 Å². The van der Waals surface area contributed by atoms with Crippen LogP contribution in [0.5, 0.6) is 0 Å². The first-order chi connectivity index (χ1) is 10.1. The lowest BCUT2D eigenvalue weighted by atomic mass is 9.84. The standard InChI is InChI=1S/C17H26N4/c1-12(2)21-17-15(10-19-21)9-16(11-18-17)20-13(3)14-7-5-4-6-8-14/h9-14,20H,4-8H2,1-3H3. The Kier molecular flexibility index (Phi) is 4.13. The summed E-state index contributed by atoms with van der Waals surface area (Å²) in [6.07, 6.45) is 10.8. The number of rotatable bonds is 4. The average Bonchev–Trinajstić information content (AvgIpc) is 2.91. The first-order valence-corrected chi connectivity index (χ1v) is 8.25. The van der Waals surface area contributed by atoms with Crippen molar-refractivity contribution in [2.75, 3.05) is 5.32 Å². The van der Waals surface area contributed by atoms with Crippen LogP contribution in [-0.4, -0.2) is 20.8 Å². The van der Waals surface area contributed by atoms with Crippen LogP contribution in [0.1, 0.15) is 58.9 Å². The number of aromatic nitrogens is 3. The Bertz CT molecular complexity index is 596. The largest absolute Gasteiger partial charge is 0.381 e. The van der Waals surface area contributed by atoms with Crippen molar-refractivity contribution in [2.45, 2.75) is 65.0 Å². The van der Waals surface area contributed by atoms with Gasteiger partial charge in [0, 0.05) is 17.5 Å². The molecule has 1 unspecified atom stereocenters. The Morgan fingerprint density at radius 2 is 1.90 bits per heavy atom. The van der Waals surface area contributed by atoms with Gasteiger partial charge in [0.2, 0.25) is 0 Å². The molecule has 0 aliphatic heterocycles. The average molecular weight is 286 g/mol. The number of fused-ring (bicyclic) bond motifs is 1. The molecule has 1 aliphatic rings. The van der Waals surface area contributed by atoms with Crippen LogP contribution in [0, 0.1) is 5.92 Å². The third-order valence-electron chi connectivity index (χ3n) is 4.67. The van der Waals surface area contributed by atoms with Gasteiger partial charge in [-0.3, -0.25) is 0 Å². The number of anilines is 1. The fraction of sp³-hybridized carbons (Fsp3) is 0.647. The third kappa shape index (κ3) is 3.04. The summed E-state index contributed by atoms with van der Waals surface area (Å²) in [6, 6.07) is 3.03. The summed E-state index contributed by atoms with van der Waals surface area (Å²) in [5.41, 5.74) is 2.09. The molecule has 114 valence electrons. The monoisotopic (exact) mass is 286 g/mol. The molecular weight excluding hydrogens is 260 g/mol. The second-order valence-electron chi connectivity index (χ2n) is 6.65. The van der Waals surface area contributed by atoms with Gasteiger partial charge in [-0.2, -0.15) is 5.10 Å². The molecule has 0 bridgehead atoms. The second kappa shape index (κ2) is 6.04. The molecule has 0 spiro atoms. The predicted molar refractivity (Wildman–Crippen MR) is 87.6 cm³/mol. The van der Waals surface area contributed by atoms with Crippen LogP contribution in [0.4, 0.5) is 5.69 Å². The van der Waals surface area contributed by atoms with Gasteiger partial charge in [-0.25, -0.2) is 9.67 Å². The molecule has 2 aromatic heterocycles. The molecule has 0 aromatic carbocycles. The van der Waals surface area contributed by atoms with Crippen LogP contribution in [0.2, 0.25) is 0 Å². The third-order valence-corrected chi connectivity index (χ3v) is 4.67. The lowest BCUT2D eigenvalue weighted by Gasteiger charge is -2.28. The summed E-state index contributed by atoms with van der Waals surface area (Å²) in [4.78, 5) is 4.60. The first kappa shape index (κ1) is 14.4. The normalized spacial score (nSPS) is 18.3. The van der Waals surface area contributed by atoms with Crippen LogP contribution >= 0.6 is 0 Å². The van der Waals surface area contributed by atoms with Crippen LogP contribution in [0.3, 0.4) is 0 Å². The summed E-state index contributed by atoms with van der Waals surface area (Å²) in [7, 11) is 0. The molecule has 2 aromatic rings. The van der Waals surface area contributed by atoms with Crippen LogP contribution in [0.15, 0.2) is 18.5 Å². The molecular formula is C17H26N4. The molecule has 1 atom stereocenters. The molecule has 0 saturated heterocycles. The Labute approximate surface area is 126 Å². The van der Waals surface area contributed by atoms with Gasteiger partial charge < -0.3 is 5.32 Å². The SMILES string of the molecule is CC(Nc1cnc2c(cnn2C(C)C)c1)C1CCCCC1. The lowest BCUT2D eigenvalue weighted by molar-refractivity contribution is 0.328. The zero-order valence-corrected chi connectivity index (χ0v) is 13.3. The minimum Gasteiger partial charge on any atom is -0.381 e.